The normalized spacial score (nSPS) is 16.3. The van der Waals surface area contributed by atoms with Crippen molar-refractivity contribution in [2.24, 2.45) is 0 Å². The van der Waals surface area contributed by atoms with E-state index in [4.69, 9.17) is 0 Å². The third-order valence-corrected chi connectivity index (χ3v) is 6.42. The van der Waals surface area contributed by atoms with Crippen molar-refractivity contribution in [2.75, 3.05) is 6.54 Å². The largest absolute Gasteiger partial charge is 0.241 e. The van der Waals surface area contributed by atoms with Crippen LogP contribution in [0.2, 0.25) is 0 Å². The Hall–Kier alpha value is -1.65. The van der Waals surface area contributed by atoms with E-state index >= 15 is 0 Å². The van der Waals surface area contributed by atoms with E-state index in [1.807, 2.05) is 51.1 Å². The SMILES string of the molecule is Cc1cc(C)c(S(=O)(=O)NCC2(c3ccccc3)CC2)c(C)c1. The lowest BCUT2D eigenvalue weighted by molar-refractivity contribution is 0.566. The van der Waals surface area contributed by atoms with Crippen LogP contribution in [0.3, 0.4) is 0 Å². The van der Waals surface area contributed by atoms with Gasteiger partial charge in [0.1, 0.15) is 0 Å². The summed E-state index contributed by atoms with van der Waals surface area (Å²) >= 11 is 0. The third-order valence-electron chi connectivity index (χ3n) is 4.71. The van der Waals surface area contributed by atoms with Crippen molar-refractivity contribution in [3.8, 4) is 0 Å². The number of nitrogens with one attached hydrogen (secondary N) is 1. The molecule has 0 unspecified atom stereocenters. The van der Waals surface area contributed by atoms with Gasteiger partial charge in [-0.25, -0.2) is 13.1 Å². The first-order chi connectivity index (χ1) is 10.8. The highest BCUT2D eigenvalue weighted by atomic mass is 32.2. The van der Waals surface area contributed by atoms with Gasteiger partial charge in [0, 0.05) is 12.0 Å². The summed E-state index contributed by atoms with van der Waals surface area (Å²) in [6.07, 6.45) is 2.07. The van der Waals surface area contributed by atoms with Crippen molar-refractivity contribution in [1.29, 1.82) is 0 Å². The molecule has 1 aliphatic rings. The molecular weight excluding hydrogens is 306 g/mol. The van der Waals surface area contributed by atoms with E-state index in [9.17, 15) is 8.42 Å². The van der Waals surface area contributed by atoms with Crippen LogP contribution in [0.15, 0.2) is 47.4 Å². The number of rotatable bonds is 5. The molecule has 122 valence electrons. The predicted molar refractivity (Wildman–Crippen MR) is 93.2 cm³/mol. The Kier molecular flexibility index (Phi) is 4.07. The molecule has 23 heavy (non-hydrogen) atoms. The predicted octanol–water partition coefficient (Wildman–Crippen LogP) is 3.62. The van der Waals surface area contributed by atoms with Gasteiger partial charge in [-0.15, -0.1) is 0 Å². The molecule has 3 nitrogen and oxygen atoms in total. The molecule has 1 fully saturated rings. The fraction of sp³-hybridized carbons (Fsp3) is 0.368. The van der Waals surface area contributed by atoms with E-state index in [0.29, 0.717) is 11.4 Å². The zero-order valence-corrected chi connectivity index (χ0v) is 14.7. The van der Waals surface area contributed by atoms with E-state index in [2.05, 4.69) is 16.9 Å². The molecule has 0 amide bonds. The van der Waals surface area contributed by atoms with Gasteiger partial charge in [0.15, 0.2) is 0 Å². The molecular formula is C19H23NO2S. The number of aryl methyl sites for hydroxylation is 3. The van der Waals surface area contributed by atoms with Crippen molar-refractivity contribution in [3.05, 3.63) is 64.7 Å². The average molecular weight is 329 g/mol. The number of benzene rings is 2. The molecule has 0 bridgehead atoms. The third kappa shape index (κ3) is 3.19. The van der Waals surface area contributed by atoms with E-state index in [1.54, 1.807) is 0 Å². The summed E-state index contributed by atoms with van der Waals surface area (Å²) in [6.45, 7) is 6.17. The van der Waals surface area contributed by atoms with Crippen molar-refractivity contribution in [2.45, 2.75) is 43.9 Å². The number of hydrogen-bond donors (Lipinski definition) is 1. The molecule has 4 heteroatoms. The van der Waals surface area contributed by atoms with Gasteiger partial charge in [-0.05, 0) is 50.3 Å². The van der Waals surface area contributed by atoms with E-state index in [1.165, 1.54) is 5.56 Å². The highest BCUT2D eigenvalue weighted by Crippen LogP contribution is 2.47. The number of sulfonamides is 1. The standard InChI is InChI=1S/C19H23NO2S/c1-14-11-15(2)18(16(3)12-14)23(21,22)20-13-19(9-10-19)17-7-5-4-6-8-17/h4-8,11-12,20H,9-10,13H2,1-3H3. The molecule has 0 heterocycles. The second-order valence-corrected chi connectivity index (χ2v) is 8.40. The van der Waals surface area contributed by atoms with Crippen LogP contribution in [0.5, 0.6) is 0 Å². The molecule has 0 radical (unpaired) electrons. The lowest BCUT2D eigenvalue weighted by atomic mass is 9.96. The summed E-state index contributed by atoms with van der Waals surface area (Å²) in [5, 5.41) is 0. The van der Waals surface area contributed by atoms with Gasteiger partial charge in [-0.1, -0.05) is 48.0 Å². The van der Waals surface area contributed by atoms with Crippen LogP contribution < -0.4 is 4.72 Å². The van der Waals surface area contributed by atoms with Crippen molar-refractivity contribution < 1.29 is 8.42 Å². The second-order valence-electron chi connectivity index (χ2n) is 6.70. The van der Waals surface area contributed by atoms with E-state index < -0.39 is 10.0 Å². The Bertz CT molecular complexity index is 799. The highest BCUT2D eigenvalue weighted by molar-refractivity contribution is 7.89. The zero-order chi connectivity index (χ0) is 16.7. The summed E-state index contributed by atoms with van der Waals surface area (Å²) in [5.41, 5.74) is 3.89. The molecule has 1 saturated carbocycles. The average Bonchev–Trinajstić information content (AvgIpc) is 3.26. The van der Waals surface area contributed by atoms with Gasteiger partial charge < -0.3 is 0 Å². The summed E-state index contributed by atoms with van der Waals surface area (Å²) < 4.78 is 28.4. The zero-order valence-electron chi connectivity index (χ0n) is 13.9. The van der Waals surface area contributed by atoms with Crippen LogP contribution >= 0.6 is 0 Å². The van der Waals surface area contributed by atoms with Gasteiger partial charge >= 0.3 is 0 Å². The van der Waals surface area contributed by atoms with Crippen LogP contribution in [-0.2, 0) is 15.4 Å². The Morgan fingerprint density at radius 3 is 2.09 bits per heavy atom. The van der Waals surface area contributed by atoms with Crippen LogP contribution in [0.25, 0.3) is 0 Å². The summed E-state index contributed by atoms with van der Waals surface area (Å²) in [7, 11) is -3.49. The molecule has 0 spiro atoms. The Balaban J connectivity index is 1.84. The fourth-order valence-electron chi connectivity index (χ4n) is 3.41. The summed E-state index contributed by atoms with van der Waals surface area (Å²) in [5.74, 6) is 0. The molecule has 3 rings (SSSR count). The minimum Gasteiger partial charge on any atom is -0.210 e. The Morgan fingerprint density at radius 1 is 1.00 bits per heavy atom. The monoisotopic (exact) mass is 329 g/mol. The molecule has 0 atom stereocenters. The van der Waals surface area contributed by atoms with Crippen LogP contribution in [0, 0.1) is 20.8 Å². The molecule has 2 aromatic rings. The van der Waals surface area contributed by atoms with Gasteiger partial charge in [-0.2, -0.15) is 0 Å². The molecule has 0 aliphatic heterocycles. The van der Waals surface area contributed by atoms with Crippen molar-refractivity contribution >= 4 is 10.0 Å². The lowest BCUT2D eigenvalue weighted by Gasteiger charge is -2.18. The Morgan fingerprint density at radius 2 is 1.57 bits per heavy atom. The maximum absolute atomic E-state index is 12.8. The first-order valence-electron chi connectivity index (χ1n) is 7.97. The molecule has 1 N–H and O–H groups in total. The maximum atomic E-state index is 12.8. The lowest BCUT2D eigenvalue weighted by Crippen LogP contribution is -2.33. The first kappa shape index (κ1) is 16.2. The summed E-state index contributed by atoms with van der Waals surface area (Å²) in [4.78, 5) is 0.423. The quantitative estimate of drug-likeness (QED) is 0.910. The maximum Gasteiger partial charge on any atom is 0.241 e. The minimum absolute atomic E-state index is 0.0269. The molecule has 0 saturated heterocycles. The highest BCUT2D eigenvalue weighted by Gasteiger charge is 2.44. The van der Waals surface area contributed by atoms with Gasteiger partial charge in [0.05, 0.1) is 4.90 Å². The van der Waals surface area contributed by atoms with E-state index in [-0.39, 0.29) is 5.41 Å². The van der Waals surface area contributed by atoms with Gasteiger partial charge in [0.2, 0.25) is 10.0 Å². The van der Waals surface area contributed by atoms with Gasteiger partial charge in [-0.3, -0.25) is 0 Å². The first-order valence-corrected chi connectivity index (χ1v) is 9.45. The number of hydrogen-bond acceptors (Lipinski definition) is 2. The summed E-state index contributed by atoms with van der Waals surface area (Å²) in [6, 6.07) is 14.0. The molecule has 0 aromatic heterocycles. The minimum atomic E-state index is -3.49. The smallest absolute Gasteiger partial charge is 0.210 e. The fourth-order valence-corrected chi connectivity index (χ4v) is 4.98. The topological polar surface area (TPSA) is 46.2 Å². The Labute approximate surface area is 138 Å². The van der Waals surface area contributed by atoms with Crippen molar-refractivity contribution in [3.63, 3.8) is 0 Å². The van der Waals surface area contributed by atoms with Crippen LogP contribution in [0.4, 0.5) is 0 Å². The second kappa shape index (κ2) is 5.77. The molecule has 2 aromatic carbocycles. The van der Waals surface area contributed by atoms with E-state index in [0.717, 1.165) is 29.5 Å². The van der Waals surface area contributed by atoms with Crippen molar-refractivity contribution in [1.82, 2.24) is 4.72 Å². The van der Waals surface area contributed by atoms with Crippen LogP contribution in [0.1, 0.15) is 35.1 Å². The van der Waals surface area contributed by atoms with Gasteiger partial charge in [0.25, 0.3) is 0 Å². The van der Waals surface area contributed by atoms with Crippen LogP contribution in [-0.4, -0.2) is 15.0 Å². The molecule has 1 aliphatic carbocycles.